The SMILES string of the molecule is O=C(O)CCCCC(=O)NCc1ccccc1-c1ccc([C@@H]2O[C@H](CN3CCC(O)(c4ccc(Cl)cc4)CC3)C[C@H](c3ccc(CO)cc3)O2)cc1. The van der Waals surface area contributed by atoms with Gasteiger partial charge in [0.05, 0.1) is 24.4 Å². The number of nitrogens with one attached hydrogen (secondary N) is 1. The summed E-state index contributed by atoms with van der Waals surface area (Å²) in [6.07, 6.45) is 2.36. The minimum absolute atomic E-state index is 0.0199. The fourth-order valence-electron chi connectivity index (χ4n) is 7.10. The first-order chi connectivity index (χ1) is 25.2. The third kappa shape index (κ3) is 9.86. The van der Waals surface area contributed by atoms with E-state index in [9.17, 15) is 19.8 Å². The number of piperidine rings is 1. The summed E-state index contributed by atoms with van der Waals surface area (Å²) in [6.45, 7) is 2.53. The predicted molar refractivity (Wildman–Crippen MR) is 199 cm³/mol. The van der Waals surface area contributed by atoms with Crippen molar-refractivity contribution >= 4 is 23.5 Å². The van der Waals surface area contributed by atoms with Gasteiger partial charge in [-0.15, -0.1) is 0 Å². The van der Waals surface area contributed by atoms with Crippen molar-refractivity contribution < 1.29 is 34.4 Å². The molecular formula is C42H47ClN2O7. The zero-order valence-corrected chi connectivity index (χ0v) is 30.0. The number of aliphatic hydroxyl groups excluding tert-OH is 1. The van der Waals surface area contributed by atoms with E-state index >= 15 is 0 Å². The number of unbranched alkanes of at least 4 members (excludes halogenated alkanes) is 1. The Kier molecular flexibility index (Phi) is 12.8. The number of hydrogen-bond acceptors (Lipinski definition) is 7. The number of hydrogen-bond donors (Lipinski definition) is 4. The second kappa shape index (κ2) is 17.6. The average molecular weight is 727 g/mol. The predicted octanol–water partition coefficient (Wildman–Crippen LogP) is 7.29. The van der Waals surface area contributed by atoms with Gasteiger partial charge in [-0.1, -0.05) is 96.5 Å². The molecule has 4 aromatic rings. The summed E-state index contributed by atoms with van der Waals surface area (Å²) in [5.41, 5.74) is 5.77. The van der Waals surface area contributed by atoms with E-state index in [1.165, 1.54) is 0 Å². The molecule has 0 unspecified atom stereocenters. The Bertz CT molecular complexity index is 1770. The molecule has 0 radical (unpaired) electrons. The highest BCUT2D eigenvalue weighted by Crippen LogP contribution is 2.40. The lowest BCUT2D eigenvalue weighted by atomic mass is 9.84. The quantitative estimate of drug-likeness (QED) is 0.0998. The molecule has 0 aromatic heterocycles. The maximum absolute atomic E-state index is 12.4. The monoisotopic (exact) mass is 726 g/mol. The molecule has 0 spiro atoms. The minimum atomic E-state index is -0.883. The molecule has 274 valence electrons. The molecule has 2 aliphatic heterocycles. The van der Waals surface area contributed by atoms with Crippen LogP contribution in [0.2, 0.25) is 5.02 Å². The number of rotatable bonds is 14. The van der Waals surface area contributed by atoms with Crippen molar-refractivity contribution in [1.29, 1.82) is 0 Å². The molecule has 2 fully saturated rings. The van der Waals surface area contributed by atoms with E-state index in [0.717, 1.165) is 52.0 Å². The van der Waals surface area contributed by atoms with Gasteiger partial charge in [-0.3, -0.25) is 9.59 Å². The third-order valence-electron chi connectivity index (χ3n) is 10.2. The van der Waals surface area contributed by atoms with E-state index < -0.39 is 17.9 Å². The molecule has 0 saturated carbocycles. The van der Waals surface area contributed by atoms with Gasteiger partial charge >= 0.3 is 5.97 Å². The van der Waals surface area contributed by atoms with E-state index in [-0.39, 0.29) is 31.1 Å². The normalized spacial score (nSPS) is 20.3. The van der Waals surface area contributed by atoms with Crippen LogP contribution in [0.1, 0.15) is 85.2 Å². The Hall–Kier alpha value is -4.09. The third-order valence-corrected chi connectivity index (χ3v) is 10.4. The van der Waals surface area contributed by atoms with E-state index in [1.54, 1.807) is 0 Å². The summed E-state index contributed by atoms with van der Waals surface area (Å²) >= 11 is 6.09. The van der Waals surface area contributed by atoms with Crippen molar-refractivity contribution in [3.05, 3.63) is 130 Å². The summed E-state index contributed by atoms with van der Waals surface area (Å²) in [5.74, 6) is -0.947. The summed E-state index contributed by atoms with van der Waals surface area (Å²) in [5, 5.41) is 33.5. The lowest BCUT2D eigenvalue weighted by Crippen LogP contribution is -2.46. The Morgan fingerprint density at radius 3 is 2.21 bits per heavy atom. The number of amides is 1. The molecule has 52 heavy (non-hydrogen) atoms. The number of benzene rings is 4. The fourth-order valence-corrected chi connectivity index (χ4v) is 7.22. The van der Waals surface area contributed by atoms with Crippen LogP contribution in [-0.2, 0) is 37.8 Å². The highest BCUT2D eigenvalue weighted by atomic mass is 35.5. The van der Waals surface area contributed by atoms with Gasteiger partial charge < -0.3 is 35.0 Å². The first kappa shape index (κ1) is 37.7. The van der Waals surface area contributed by atoms with Crippen LogP contribution in [0.15, 0.2) is 97.1 Å². The van der Waals surface area contributed by atoms with Crippen LogP contribution in [-0.4, -0.2) is 57.8 Å². The second-order valence-electron chi connectivity index (χ2n) is 13.8. The molecule has 0 aliphatic carbocycles. The summed E-state index contributed by atoms with van der Waals surface area (Å²) < 4.78 is 13.3. The lowest BCUT2D eigenvalue weighted by molar-refractivity contribution is -0.253. The molecule has 1 amide bonds. The van der Waals surface area contributed by atoms with E-state index in [2.05, 4.69) is 10.2 Å². The number of nitrogens with zero attached hydrogens (tertiary/aromatic N) is 1. The number of aliphatic hydroxyl groups is 2. The van der Waals surface area contributed by atoms with Crippen molar-refractivity contribution in [2.45, 2.75) is 82.2 Å². The Labute approximate surface area is 310 Å². The van der Waals surface area contributed by atoms with Gasteiger partial charge in [-0.2, -0.15) is 0 Å². The van der Waals surface area contributed by atoms with E-state index in [1.807, 2.05) is 97.1 Å². The first-order valence-corrected chi connectivity index (χ1v) is 18.4. The van der Waals surface area contributed by atoms with E-state index in [0.29, 0.717) is 56.6 Å². The summed E-state index contributed by atoms with van der Waals surface area (Å²) in [4.78, 5) is 25.5. The minimum Gasteiger partial charge on any atom is -0.481 e. The molecule has 2 saturated heterocycles. The summed E-state index contributed by atoms with van der Waals surface area (Å²) in [6, 6.07) is 31.4. The standard InChI is InChI=1S/C42H47ClN2O7/c43-35-19-17-34(18-20-35)42(50)21-23-45(24-22-42)27-36-25-38(31-11-9-29(28-46)10-12-31)52-41(51-36)32-15-13-30(14-16-32)37-6-2-1-5-33(37)26-44-39(47)7-3-4-8-40(48)49/h1-2,5-6,9-20,36,38,41,46,50H,3-4,7-8,21-28H2,(H,44,47)(H,48,49)/t36-,38+,41+/m0/s1. The van der Waals surface area contributed by atoms with Gasteiger partial charge in [0.25, 0.3) is 0 Å². The highest BCUT2D eigenvalue weighted by Gasteiger charge is 2.37. The topological polar surface area (TPSA) is 129 Å². The van der Waals surface area contributed by atoms with Crippen LogP contribution in [0, 0.1) is 0 Å². The number of aliphatic carboxylic acids is 1. The number of carbonyl (C=O) groups is 2. The van der Waals surface area contributed by atoms with E-state index in [4.69, 9.17) is 26.2 Å². The highest BCUT2D eigenvalue weighted by molar-refractivity contribution is 6.30. The van der Waals surface area contributed by atoms with Gasteiger partial charge in [0.15, 0.2) is 6.29 Å². The van der Waals surface area contributed by atoms with Crippen LogP contribution in [0.25, 0.3) is 11.1 Å². The Morgan fingerprint density at radius 2 is 1.52 bits per heavy atom. The molecule has 0 bridgehead atoms. The Morgan fingerprint density at radius 1 is 0.846 bits per heavy atom. The molecule has 9 nitrogen and oxygen atoms in total. The molecule has 4 N–H and O–H groups in total. The lowest BCUT2D eigenvalue weighted by Gasteiger charge is -2.42. The number of carboxylic acid groups (broad SMARTS) is 1. The average Bonchev–Trinajstić information content (AvgIpc) is 3.17. The van der Waals surface area contributed by atoms with Gasteiger partial charge in [0, 0.05) is 56.0 Å². The molecule has 2 heterocycles. The van der Waals surface area contributed by atoms with Gasteiger partial charge in [0.2, 0.25) is 5.91 Å². The van der Waals surface area contributed by atoms with Crippen molar-refractivity contribution in [1.82, 2.24) is 10.2 Å². The maximum atomic E-state index is 12.4. The van der Waals surface area contributed by atoms with Crippen LogP contribution in [0.3, 0.4) is 0 Å². The molecule has 6 rings (SSSR count). The second-order valence-corrected chi connectivity index (χ2v) is 14.3. The molecular weight excluding hydrogens is 680 g/mol. The number of ether oxygens (including phenoxy) is 2. The fraction of sp³-hybridized carbons (Fsp3) is 0.381. The smallest absolute Gasteiger partial charge is 0.303 e. The van der Waals surface area contributed by atoms with Crippen LogP contribution >= 0.6 is 11.6 Å². The summed E-state index contributed by atoms with van der Waals surface area (Å²) in [7, 11) is 0. The Balaban J connectivity index is 1.13. The van der Waals surface area contributed by atoms with Gasteiger partial charge in [-0.05, 0) is 71.2 Å². The molecule has 4 aromatic carbocycles. The molecule has 10 heteroatoms. The molecule has 3 atom stereocenters. The zero-order valence-electron chi connectivity index (χ0n) is 29.3. The first-order valence-electron chi connectivity index (χ1n) is 18.1. The van der Waals surface area contributed by atoms with Crippen molar-refractivity contribution in [2.75, 3.05) is 19.6 Å². The van der Waals surface area contributed by atoms with Crippen molar-refractivity contribution in [3.8, 4) is 11.1 Å². The molecule has 2 aliphatic rings. The van der Waals surface area contributed by atoms with Crippen molar-refractivity contribution in [3.63, 3.8) is 0 Å². The van der Waals surface area contributed by atoms with Crippen LogP contribution in [0.5, 0.6) is 0 Å². The number of likely N-dealkylation sites (tertiary alicyclic amines) is 1. The number of halogens is 1. The van der Waals surface area contributed by atoms with Crippen molar-refractivity contribution in [2.24, 2.45) is 0 Å². The van der Waals surface area contributed by atoms with Crippen LogP contribution < -0.4 is 5.32 Å². The maximum Gasteiger partial charge on any atom is 0.303 e. The number of carboxylic acids is 1. The van der Waals surface area contributed by atoms with Crippen LogP contribution in [0.4, 0.5) is 0 Å². The van der Waals surface area contributed by atoms with Gasteiger partial charge in [-0.25, -0.2) is 0 Å². The zero-order chi connectivity index (χ0) is 36.5. The number of carbonyl (C=O) groups excluding carboxylic acids is 1. The van der Waals surface area contributed by atoms with Gasteiger partial charge in [0.1, 0.15) is 0 Å². The largest absolute Gasteiger partial charge is 0.481 e.